The van der Waals surface area contributed by atoms with Crippen molar-refractivity contribution >= 4 is 46.9 Å². The van der Waals surface area contributed by atoms with E-state index in [0.717, 1.165) is 28.1 Å². The maximum atomic E-state index is 13.5. The molecule has 0 aliphatic rings. The highest BCUT2D eigenvalue weighted by Crippen LogP contribution is 2.27. The van der Waals surface area contributed by atoms with Crippen molar-refractivity contribution in [2.24, 2.45) is 0 Å². The lowest BCUT2D eigenvalue weighted by Gasteiger charge is -2.14. The molecule has 4 aromatic rings. The summed E-state index contributed by atoms with van der Waals surface area (Å²) in [6.07, 6.45) is 2.37. The Kier molecular flexibility index (Phi) is 11.2. The molecule has 8 nitrogen and oxygen atoms in total. The Hall–Kier alpha value is -5.02. The zero-order valence-corrected chi connectivity index (χ0v) is 25.9. The molecule has 226 valence electrons. The van der Waals surface area contributed by atoms with Crippen molar-refractivity contribution in [3.8, 4) is 11.5 Å². The third-order valence-electron chi connectivity index (χ3n) is 6.75. The van der Waals surface area contributed by atoms with Crippen LogP contribution < -0.4 is 25.4 Å². The molecule has 0 aliphatic heterocycles. The predicted molar refractivity (Wildman–Crippen MR) is 176 cm³/mol. The fourth-order valence-corrected chi connectivity index (χ4v) is 5.11. The van der Waals surface area contributed by atoms with E-state index in [-0.39, 0.29) is 17.4 Å². The van der Waals surface area contributed by atoms with Gasteiger partial charge in [-0.15, -0.1) is 11.8 Å². The Labute approximate surface area is 261 Å². The predicted octanol–water partition coefficient (Wildman–Crippen LogP) is 6.72. The van der Waals surface area contributed by atoms with Crippen molar-refractivity contribution in [3.05, 3.63) is 119 Å². The van der Waals surface area contributed by atoms with Crippen LogP contribution in [-0.4, -0.2) is 37.7 Å². The third-order valence-corrected chi connectivity index (χ3v) is 7.76. The minimum atomic E-state index is -0.524. The van der Waals surface area contributed by atoms with E-state index in [0.29, 0.717) is 28.3 Å². The van der Waals surface area contributed by atoms with Crippen molar-refractivity contribution in [1.29, 1.82) is 0 Å². The van der Waals surface area contributed by atoms with Gasteiger partial charge in [-0.25, -0.2) is 0 Å². The van der Waals surface area contributed by atoms with Gasteiger partial charge in [0.1, 0.15) is 17.2 Å². The third kappa shape index (κ3) is 8.52. The van der Waals surface area contributed by atoms with Crippen LogP contribution in [0.2, 0.25) is 0 Å². The Bertz CT molecular complexity index is 1650. The summed E-state index contributed by atoms with van der Waals surface area (Å²) in [5, 5.41) is 8.62. The van der Waals surface area contributed by atoms with Gasteiger partial charge in [0.15, 0.2) is 0 Å². The van der Waals surface area contributed by atoms with E-state index in [2.05, 4.69) is 22.9 Å². The van der Waals surface area contributed by atoms with Gasteiger partial charge < -0.3 is 25.4 Å². The number of para-hydroxylation sites is 1. The first-order chi connectivity index (χ1) is 21.3. The van der Waals surface area contributed by atoms with E-state index < -0.39 is 11.8 Å². The van der Waals surface area contributed by atoms with Crippen LogP contribution in [0.5, 0.6) is 11.5 Å². The molecule has 4 aromatic carbocycles. The van der Waals surface area contributed by atoms with Gasteiger partial charge in [0, 0.05) is 27.4 Å². The molecule has 0 saturated carbocycles. The van der Waals surface area contributed by atoms with Gasteiger partial charge in [0.25, 0.3) is 11.8 Å². The SMILES string of the molecule is CCc1cccc(C)c1NC(=O)CSc1ccc(NC(=O)/C(=C/c2cc(OC)ccc2OC)NC(=O)c2ccccc2)cc1. The van der Waals surface area contributed by atoms with Crippen LogP contribution in [0.25, 0.3) is 6.08 Å². The van der Waals surface area contributed by atoms with Gasteiger partial charge in [0.2, 0.25) is 5.91 Å². The summed E-state index contributed by atoms with van der Waals surface area (Å²) < 4.78 is 10.8. The minimum Gasteiger partial charge on any atom is -0.497 e. The number of thioether (sulfide) groups is 1. The van der Waals surface area contributed by atoms with Crippen LogP contribution in [0, 0.1) is 6.92 Å². The van der Waals surface area contributed by atoms with Gasteiger partial charge in [-0.3, -0.25) is 14.4 Å². The smallest absolute Gasteiger partial charge is 0.272 e. The minimum absolute atomic E-state index is 0.0168. The molecule has 0 aliphatic carbocycles. The molecule has 0 bridgehead atoms. The van der Waals surface area contributed by atoms with E-state index in [1.807, 2.05) is 43.3 Å². The number of hydrogen-bond donors (Lipinski definition) is 3. The highest BCUT2D eigenvalue weighted by Gasteiger charge is 2.17. The number of anilines is 2. The molecule has 0 aromatic heterocycles. The fraction of sp³-hybridized carbons (Fsp3) is 0.171. The molecule has 4 rings (SSSR count). The lowest BCUT2D eigenvalue weighted by molar-refractivity contribution is -0.114. The van der Waals surface area contributed by atoms with Crippen molar-refractivity contribution < 1.29 is 23.9 Å². The highest BCUT2D eigenvalue weighted by atomic mass is 32.2. The molecular formula is C35H35N3O5S. The van der Waals surface area contributed by atoms with Gasteiger partial charge in [-0.1, -0.05) is 43.3 Å². The molecule has 0 heterocycles. The van der Waals surface area contributed by atoms with Crippen LogP contribution in [0.4, 0.5) is 11.4 Å². The number of rotatable bonds is 12. The largest absolute Gasteiger partial charge is 0.497 e. The molecule has 3 amide bonds. The van der Waals surface area contributed by atoms with Crippen molar-refractivity contribution in [1.82, 2.24) is 5.32 Å². The van der Waals surface area contributed by atoms with Crippen LogP contribution in [-0.2, 0) is 16.0 Å². The molecule has 0 unspecified atom stereocenters. The Morgan fingerprint density at radius 3 is 2.27 bits per heavy atom. The van der Waals surface area contributed by atoms with Gasteiger partial charge in [-0.2, -0.15) is 0 Å². The standard InChI is InChI=1S/C35H35N3O5S/c1-5-24-13-9-10-23(2)33(24)38-32(39)22-44-29-17-14-27(15-18-29)36-35(41)30(37-34(40)25-11-7-6-8-12-25)21-26-20-28(42-3)16-19-31(26)43-4/h6-21H,5,22H2,1-4H3,(H,36,41)(H,37,40)(H,38,39)/b30-21-. The Balaban J connectivity index is 1.47. The van der Waals surface area contributed by atoms with Gasteiger partial charge >= 0.3 is 0 Å². The summed E-state index contributed by atoms with van der Waals surface area (Å²) in [6, 6.07) is 27.0. The summed E-state index contributed by atoms with van der Waals surface area (Å²) in [5.41, 5.74) is 4.49. The second-order valence-electron chi connectivity index (χ2n) is 9.76. The maximum Gasteiger partial charge on any atom is 0.272 e. The number of carbonyl (C=O) groups is 3. The summed E-state index contributed by atoms with van der Waals surface area (Å²) in [5.74, 6) is 0.263. The number of carbonyl (C=O) groups excluding carboxylic acids is 3. The van der Waals surface area contributed by atoms with Crippen LogP contribution in [0.15, 0.2) is 102 Å². The van der Waals surface area contributed by atoms with Crippen molar-refractivity contribution in [3.63, 3.8) is 0 Å². The molecule has 0 spiro atoms. The number of ether oxygens (including phenoxy) is 2. The van der Waals surface area contributed by atoms with E-state index in [4.69, 9.17) is 9.47 Å². The van der Waals surface area contributed by atoms with Crippen molar-refractivity contribution in [2.75, 3.05) is 30.6 Å². The zero-order chi connectivity index (χ0) is 31.5. The topological polar surface area (TPSA) is 106 Å². The maximum absolute atomic E-state index is 13.5. The molecule has 44 heavy (non-hydrogen) atoms. The molecule has 0 fully saturated rings. The molecular weight excluding hydrogens is 574 g/mol. The second kappa shape index (κ2) is 15.5. The van der Waals surface area contributed by atoms with Crippen LogP contribution >= 0.6 is 11.8 Å². The highest BCUT2D eigenvalue weighted by molar-refractivity contribution is 8.00. The molecule has 3 N–H and O–H groups in total. The van der Waals surface area contributed by atoms with Crippen molar-refractivity contribution in [2.45, 2.75) is 25.2 Å². The lowest BCUT2D eigenvalue weighted by Crippen LogP contribution is -2.30. The normalized spacial score (nSPS) is 11.0. The zero-order valence-electron chi connectivity index (χ0n) is 25.1. The van der Waals surface area contributed by atoms with Gasteiger partial charge in [0.05, 0.1) is 20.0 Å². The first kappa shape index (κ1) is 31.9. The van der Waals surface area contributed by atoms with Gasteiger partial charge in [-0.05, 0) is 85.1 Å². The first-order valence-electron chi connectivity index (χ1n) is 14.0. The van der Waals surface area contributed by atoms with E-state index >= 15 is 0 Å². The number of benzene rings is 4. The molecule has 0 atom stereocenters. The average molecular weight is 610 g/mol. The summed E-state index contributed by atoms with van der Waals surface area (Å²) >= 11 is 1.40. The molecule has 0 saturated heterocycles. The number of aryl methyl sites for hydroxylation is 2. The van der Waals surface area contributed by atoms with Crippen LogP contribution in [0.1, 0.15) is 34.0 Å². The quantitative estimate of drug-likeness (QED) is 0.122. The number of methoxy groups -OCH3 is 2. The van der Waals surface area contributed by atoms with Crippen LogP contribution in [0.3, 0.4) is 0 Å². The average Bonchev–Trinajstić information content (AvgIpc) is 3.05. The van der Waals surface area contributed by atoms with E-state index in [1.54, 1.807) is 67.8 Å². The number of nitrogens with one attached hydrogen (secondary N) is 3. The molecule has 0 radical (unpaired) electrons. The lowest BCUT2D eigenvalue weighted by atomic mass is 10.1. The monoisotopic (exact) mass is 609 g/mol. The summed E-state index contributed by atoms with van der Waals surface area (Å²) in [6.45, 7) is 4.04. The Morgan fingerprint density at radius 2 is 1.59 bits per heavy atom. The fourth-order valence-electron chi connectivity index (χ4n) is 4.41. The summed E-state index contributed by atoms with van der Waals surface area (Å²) in [4.78, 5) is 40.0. The second-order valence-corrected chi connectivity index (χ2v) is 10.8. The summed E-state index contributed by atoms with van der Waals surface area (Å²) in [7, 11) is 3.07. The number of amides is 3. The number of hydrogen-bond acceptors (Lipinski definition) is 6. The van der Waals surface area contributed by atoms with E-state index in [9.17, 15) is 14.4 Å². The van der Waals surface area contributed by atoms with E-state index in [1.165, 1.54) is 18.9 Å². The Morgan fingerprint density at radius 1 is 0.841 bits per heavy atom. The first-order valence-corrected chi connectivity index (χ1v) is 15.0. The molecule has 9 heteroatoms.